The smallest absolute Gasteiger partial charge is 0.247 e. The van der Waals surface area contributed by atoms with Crippen LogP contribution in [0.25, 0.3) is 5.69 Å². The van der Waals surface area contributed by atoms with E-state index in [1.807, 2.05) is 42.6 Å². The lowest BCUT2D eigenvalue weighted by atomic mass is 9.94. The highest BCUT2D eigenvalue weighted by Crippen LogP contribution is 2.42. The van der Waals surface area contributed by atoms with Crippen LogP contribution >= 0.6 is 11.6 Å². The van der Waals surface area contributed by atoms with Crippen molar-refractivity contribution >= 4 is 29.1 Å². The molecule has 1 aliphatic rings. The second-order valence-corrected chi connectivity index (χ2v) is 9.87. The minimum absolute atomic E-state index is 0.0636. The number of anilines is 1. The van der Waals surface area contributed by atoms with Crippen LogP contribution in [0.3, 0.4) is 0 Å². The van der Waals surface area contributed by atoms with Gasteiger partial charge in [0.25, 0.3) is 0 Å². The average Bonchev–Trinajstić information content (AvgIpc) is 3.35. The molecule has 1 atom stereocenters. The molecule has 1 unspecified atom stereocenters. The normalized spacial score (nSPS) is 14.9. The third-order valence-corrected chi connectivity index (χ3v) is 7.15. The number of carbonyl (C=O) groups is 2. The third-order valence-electron chi connectivity index (χ3n) is 6.48. The number of para-hydroxylation sites is 2. The first-order valence-electron chi connectivity index (χ1n) is 12.0. The Hall–Kier alpha value is -3.12. The topological polar surface area (TPSA) is 45.6 Å². The molecular formula is C28H31ClFN3O2. The number of carbonyl (C=O) groups excluding carboxylic acids is 2. The largest absolute Gasteiger partial charge is 0.333 e. The first-order chi connectivity index (χ1) is 16.8. The molecule has 0 saturated heterocycles. The molecule has 184 valence electrons. The number of aromatic nitrogens is 1. The van der Waals surface area contributed by atoms with Gasteiger partial charge in [0.2, 0.25) is 11.8 Å². The van der Waals surface area contributed by atoms with Crippen molar-refractivity contribution in [3.05, 3.63) is 83.9 Å². The van der Waals surface area contributed by atoms with E-state index in [4.69, 9.17) is 11.6 Å². The SMILES string of the molecule is CCCCN(CC(=O)N1c2ccccc2-n2cccc2C1c1ccc(F)cc1)C(=O)C(C)(C)CCl. The van der Waals surface area contributed by atoms with Crippen molar-refractivity contribution in [2.24, 2.45) is 5.41 Å². The summed E-state index contributed by atoms with van der Waals surface area (Å²) < 4.78 is 15.8. The molecular weight excluding hydrogens is 465 g/mol. The van der Waals surface area contributed by atoms with E-state index >= 15 is 0 Å². The average molecular weight is 496 g/mol. The molecule has 2 aromatic carbocycles. The van der Waals surface area contributed by atoms with Gasteiger partial charge in [-0.1, -0.05) is 37.6 Å². The number of alkyl halides is 1. The van der Waals surface area contributed by atoms with Crippen molar-refractivity contribution in [3.63, 3.8) is 0 Å². The Kier molecular flexibility index (Phi) is 7.31. The summed E-state index contributed by atoms with van der Waals surface area (Å²) in [5.41, 5.74) is 2.54. The molecule has 5 nitrogen and oxygen atoms in total. The molecule has 35 heavy (non-hydrogen) atoms. The van der Waals surface area contributed by atoms with E-state index in [1.54, 1.807) is 35.8 Å². The molecule has 0 radical (unpaired) electrons. The molecule has 7 heteroatoms. The fourth-order valence-electron chi connectivity index (χ4n) is 4.55. The molecule has 0 spiro atoms. The molecule has 0 fully saturated rings. The van der Waals surface area contributed by atoms with Gasteiger partial charge >= 0.3 is 0 Å². The van der Waals surface area contributed by atoms with Crippen molar-refractivity contribution in [1.82, 2.24) is 9.47 Å². The standard InChI is InChI=1S/C28H31ClFN3O2/c1-4-5-16-31(27(35)28(2,3)19-29)18-25(34)33-23-10-7-6-9-22(23)32-17-8-11-24(32)26(33)20-12-14-21(30)15-13-20/h6-15,17,26H,4-5,16,18-19H2,1-3H3. The molecule has 3 aromatic rings. The van der Waals surface area contributed by atoms with Gasteiger partial charge < -0.3 is 9.47 Å². The van der Waals surface area contributed by atoms with E-state index in [9.17, 15) is 14.0 Å². The molecule has 0 aliphatic carbocycles. The number of hydrogen-bond acceptors (Lipinski definition) is 2. The summed E-state index contributed by atoms with van der Waals surface area (Å²) in [5.74, 6) is -0.505. The Morgan fingerprint density at radius 3 is 2.37 bits per heavy atom. The van der Waals surface area contributed by atoms with Crippen LogP contribution in [0.5, 0.6) is 0 Å². The van der Waals surface area contributed by atoms with Crippen molar-refractivity contribution in [3.8, 4) is 5.69 Å². The molecule has 0 bridgehead atoms. The van der Waals surface area contributed by atoms with E-state index in [-0.39, 0.29) is 30.1 Å². The number of benzene rings is 2. The van der Waals surface area contributed by atoms with E-state index in [2.05, 4.69) is 11.5 Å². The number of nitrogens with zero attached hydrogens (tertiary/aromatic N) is 3. The van der Waals surface area contributed by atoms with E-state index in [0.717, 1.165) is 35.5 Å². The maximum absolute atomic E-state index is 14.1. The summed E-state index contributed by atoms with van der Waals surface area (Å²) in [6, 6.07) is 17.4. The molecule has 1 aromatic heterocycles. The second kappa shape index (κ2) is 10.2. The van der Waals surface area contributed by atoms with Gasteiger partial charge in [-0.2, -0.15) is 0 Å². The van der Waals surface area contributed by atoms with Crippen molar-refractivity contribution in [2.45, 2.75) is 39.7 Å². The number of halogens is 2. The van der Waals surface area contributed by atoms with Crippen LogP contribution < -0.4 is 4.90 Å². The molecule has 0 N–H and O–H groups in total. The Labute approximate surface area is 211 Å². The summed E-state index contributed by atoms with van der Waals surface area (Å²) in [5, 5.41) is 0. The van der Waals surface area contributed by atoms with Gasteiger partial charge in [-0.3, -0.25) is 14.5 Å². The highest BCUT2D eigenvalue weighted by Gasteiger charge is 2.38. The Bertz CT molecular complexity index is 1200. The van der Waals surface area contributed by atoms with Crippen LogP contribution in [0.2, 0.25) is 0 Å². The minimum Gasteiger partial charge on any atom is -0.333 e. The maximum atomic E-state index is 14.1. The van der Waals surface area contributed by atoms with Gasteiger partial charge in [0, 0.05) is 18.6 Å². The van der Waals surface area contributed by atoms with Gasteiger partial charge in [-0.15, -0.1) is 11.6 Å². The Balaban J connectivity index is 1.78. The lowest BCUT2D eigenvalue weighted by molar-refractivity contribution is -0.142. The van der Waals surface area contributed by atoms with Gasteiger partial charge in [0.1, 0.15) is 18.4 Å². The van der Waals surface area contributed by atoms with Gasteiger partial charge in [0.05, 0.1) is 22.5 Å². The van der Waals surface area contributed by atoms with E-state index in [1.165, 1.54) is 12.1 Å². The zero-order valence-corrected chi connectivity index (χ0v) is 21.1. The van der Waals surface area contributed by atoms with E-state index in [0.29, 0.717) is 6.54 Å². The van der Waals surface area contributed by atoms with Crippen LogP contribution in [0.1, 0.15) is 50.9 Å². The first-order valence-corrected chi connectivity index (χ1v) is 12.5. The summed E-state index contributed by atoms with van der Waals surface area (Å²) in [7, 11) is 0. The summed E-state index contributed by atoms with van der Waals surface area (Å²) in [6.07, 6.45) is 3.66. The van der Waals surface area contributed by atoms with Gasteiger partial charge in [-0.25, -0.2) is 4.39 Å². The first kappa shape index (κ1) is 25.0. The summed E-state index contributed by atoms with van der Waals surface area (Å²) in [4.78, 5) is 30.8. The number of fused-ring (bicyclic) bond motifs is 3. The molecule has 4 rings (SSSR count). The van der Waals surface area contributed by atoms with Gasteiger partial charge in [0.15, 0.2) is 0 Å². The van der Waals surface area contributed by atoms with Crippen LogP contribution in [-0.2, 0) is 9.59 Å². The van der Waals surface area contributed by atoms with Crippen LogP contribution in [-0.4, -0.2) is 40.3 Å². The monoisotopic (exact) mass is 495 g/mol. The highest BCUT2D eigenvalue weighted by atomic mass is 35.5. The Morgan fingerprint density at radius 1 is 1.03 bits per heavy atom. The lowest BCUT2D eigenvalue weighted by Gasteiger charge is -2.40. The quantitative estimate of drug-likeness (QED) is 0.363. The highest BCUT2D eigenvalue weighted by molar-refractivity contribution is 6.20. The van der Waals surface area contributed by atoms with Crippen LogP contribution in [0.4, 0.5) is 10.1 Å². The van der Waals surface area contributed by atoms with Crippen LogP contribution in [0, 0.1) is 11.2 Å². The summed E-state index contributed by atoms with van der Waals surface area (Å²) >= 11 is 6.10. The minimum atomic E-state index is -0.777. The molecule has 2 heterocycles. The third kappa shape index (κ3) is 4.85. The van der Waals surface area contributed by atoms with Gasteiger partial charge in [-0.05, 0) is 62.2 Å². The zero-order chi connectivity index (χ0) is 25.2. The maximum Gasteiger partial charge on any atom is 0.247 e. The molecule has 0 saturated carbocycles. The van der Waals surface area contributed by atoms with Crippen molar-refractivity contribution in [1.29, 1.82) is 0 Å². The number of amides is 2. The van der Waals surface area contributed by atoms with Crippen molar-refractivity contribution < 1.29 is 14.0 Å². The Morgan fingerprint density at radius 2 is 1.71 bits per heavy atom. The van der Waals surface area contributed by atoms with E-state index < -0.39 is 11.5 Å². The predicted molar refractivity (Wildman–Crippen MR) is 137 cm³/mol. The fourth-order valence-corrected chi connectivity index (χ4v) is 4.66. The molecule has 2 amide bonds. The number of unbranched alkanes of at least 4 members (excludes halogenated alkanes) is 1. The lowest BCUT2D eigenvalue weighted by Crippen LogP contribution is -2.50. The number of hydrogen-bond donors (Lipinski definition) is 0. The van der Waals surface area contributed by atoms with Crippen LogP contribution in [0.15, 0.2) is 66.9 Å². The fraction of sp³-hybridized carbons (Fsp3) is 0.357. The molecule has 1 aliphatic heterocycles. The zero-order valence-electron chi connectivity index (χ0n) is 20.4. The number of rotatable bonds is 8. The predicted octanol–water partition coefficient (Wildman–Crippen LogP) is 5.95. The van der Waals surface area contributed by atoms with Crippen molar-refractivity contribution in [2.75, 3.05) is 23.9 Å². The summed E-state index contributed by atoms with van der Waals surface area (Å²) in [6.45, 7) is 6.07. The second-order valence-electron chi connectivity index (χ2n) is 9.61.